The summed E-state index contributed by atoms with van der Waals surface area (Å²) in [7, 11) is 2.04. The Labute approximate surface area is 199 Å². The zero-order valence-electron chi connectivity index (χ0n) is 18.2. The van der Waals surface area contributed by atoms with Crippen LogP contribution >= 0.6 is 15.9 Å². The molecule has 1 aromatic heterocycles. The fraction of sp³-hybridized carbons (Fsp3) is 0.375. The van der Waals surface area contributed by atoms with Crippen molar-refractivity contribution in [2.75, 3.05) is 17.7 Å². The molecule has 1 heterocycles. The van der Waals surface area contributed by atoms with Gasteiger partial charge in [0.15, 0.2) is 0 Å². The number of hydrogen-bond donors (Lipinski definition) is 2. The Balaban J connectivity index is 1.35. The van der Waals surface area contributed by atoms with E-state index in [1.54, 1.807) is 12.1 Å². The molecule has 1 saturated carbocycles. The molecule has 3 aromatic rings. The summed E-state index contributed by atoms with van der Waals surface area (Å²) in [6.45, 7) is 0.312. The number of aromatic nitrogens is 1. The van der Waals surface area contributed by atoms with Crippen LogP contribution in [0.1, 0.15) is 31.2 Å². The molecule has 1 aliphatic rings. The van der Waals surface area contributed by atoms with Crippen molar-refractivity contribution in [1.29, 1.82) is 0 Å². The molecule has 0 amide bonds. The van der Waals surface area contributed by atoms with Gasteiger partial charge in [0.05, 0.1) is 5.52 Å². The van der Waals surface area contributed by atoms with Crippen molar-refractivity contribution in [1.82, 2.24) is 10.3 Å². The Kier molecular flexibility index (Phi) is 6.99. The lowest BCUT2D eigenvalue weighted by atomic mass is 9.90. The van der Waals surface area contributed by atoms with E-state index in [-0.39, 0.29) is 11.8 Å². The van der Waals surface area contributed by atoms with Crippen molar-refractivity contribution in [2.24, 2.45) is 0 Å². The van der Waals surface area contributed by atoms with Crippen LogP contribution in [-0.4, -0.2) is 30.5 Å². The highest BCUT2D eigenvalue weighted by Gasteiger charge is 2.32. The van der Waals surface area contributed by atoms with E-state index in [9.17, 15) is 13.2 Å². The van der Waals surface area contributed by atoms with Crippen LogP contribution in [0.3, 0.4) is 0 Å². The van der Waals surface area contributed by atoms with Crippen molar-refractivity contribution in [3.8, 4) is 5.75 Å². The van der Waals surface area contributed by atoms with Crippen LogP contribution in [0.2, 0.25) is 0 Å². The molecule has 0 saturated heterocycles. The smallest absolute Gasteiger partial charge is 0.405 e. The van der Waals surface area contributed by atoms with Crippen LogP contribution in [0.5, 0.6) is 5.75 Å². The number of nitrogens with two attached hydrogens (primary N) is 1. The molecule has 0 radical (unpaired) electrons. The maximum Gasteiger partial charge on any atom is 0.573 e. The Morgan fingerprint density at radius 1 is 1.12 bits per heavy atom. The predicted octanol–water partition coefficient (Wildman–Crippen LogP) is 6.02. The van der Waals surface area contributed by atoms with Gasteiger partial charge in [0.1, 0.15) is 11.6 Å². The van der Waals surface area contributed by atoms with Crippen LogP contribution in [0.4, 0.5) is 24.7 Å². The molecule has 0 unspecified atom stereocenters. The van der Waals surface area contributed by atoms with E-state index in [2.05, 4.69) is 30.9 Å². The number of nitrogen functional groups attached to an aromatic ring is 1. The number of halogens is 4. The van der Waals surface area contributed by atoms with Gasteiger partial charge in [-0.1, -0.05) is 40.2 Å². The second-order valence-corrected chi connectivity index (χ2v) is 9.30. The minimum Gasteiger partial charge on any atom is -0.405 e. The van der Waals surface area contributed by atoms with Crippen LogP contribution in [0, 0.1) is 0 Å². The summed E-state index contributed by atoms with van der Waals surface area (Å²) >= 11 is 3.20. The summed E-state index contributed by atoms with van der Waals surface area (Å²) in [5, 5.41) is 4.35. The number of rotatable bonds is 6. The molecular weight excluding hydrogens is 497 g/mol. The number of anilines is 2. The van der Waals surface area contributed by atoms with Crippen LogP contribution in [0.25, 0.3) is 10.9 Å². The summed E-state index contributed by atoms with van der Waals surface area (Å²) in [4.78, 5) is 6.96. The molecule has 4 rings (SSSR count). The third-order valence-electron chi connectivity index (χ3n) is 6.18. The highest BCUT2D eigenvalue weighted by molar-refractivity contribution is 9.10. The second kappa shape index (κ2) is 9.77. The van der Waals surface area contributed by atoms with Gasteiger partial charge < -0.3 is 20.7 Å². The predicted molar refractivity (Wildman–Crippen MR) is 128 cm³/mol. The number of para-hydroxylation sites is 1. The third kappa shape index (κ3) is 5.89. The van der Waals surface area contributed by atoms with Gasteiger partial charge in [-0.3, -0.25) is 0 Å². The van der Waals surface area contributed by atoms with Gasteiger partial charge >= 0.3 is 6.36 Å². The van der Waals surface area contributed by atoms with Gasteiger partial charge in [0.2, 0.25) is 0 Å². The molecule has 33 heavy (non-hydrogen) atoms. The number of hydrogen-bond acceptors (Lipinski definition) is 5. The van der Waals surface area contributed by atoms with Crippen LogP contribution in [-0.2, 0) is 6.54 Å². The van der Waals surface area contributed by atoms with Gasteiger partial charge in [0.25, 0.3) is 0 Å². The summed E-state index contributed by atoms with van der Waals surface area (Å²) in [6, 6.07) is 15.0. The molecule has 3 N–H and O–H groups in total. The highest BCUT2D eigenvalue weighted by atomic mass is 79.9. The van der Waals surface area contributed by atoms with Gasteiger partial charge in [-0.05, 0) is 43.9 Å². The average molecular weight is 523 g/mol. The first-order chi connectivity index (χ1) is 15.7. The maximum atomic E-state index is 12.7. The number of ether oxygens (including phenoxy) is 1. The molecule has 1 aliphatic carbocycles. The lowest BCUT2D eigenvalue weighted by Gasteiger charge is -2.36. The highest BCUT2D eigenvalue weighted by Crippen LogP contribution is 2.31. The zero-order chi connectivity index (χ0) is 23.6. The van der Waals surface area contributed by atoms with E-state index < -0.39 is 6.36 Å². The van der Waals surface area contributed by atoms with E-state index >= 15 is 0 Å². The van der Waals surface area contributed by atoms with Gasteiger partial charge in [-0.2, -0.15) is 0 Å². The topological polar surface area (TPSA) is 63.4 Å². The summed E-state index contributed by atoms with van der Waals surface area (Å²) in [5.74, 6) is 0.671. The van der Waals surface area contributed by atoms with Crippen LogP contribution in [0.15, 0.2) is 53.0 Å². The number of nitrogens with one attached hydrogen (secondary N) is 1. The fourth-order valence-electron chi connectivity index (χ4n) is 4.37. The maximum absolute atomic E-state index is 12.7. The van der Waals surface area contributed by atoms with E-state index in [1.165, 1.54) is 6.07 Å². The number of nitrogens with zero attached hydrogens (tertiary/aromatic N) is 2. The Bertz CT molecular complexity index is 1120. The zero-order valence-corrected chi connectivity index (χ0v) is 19.8. The summed E-state index contributed by atoms with van der Waals surface area (Å²) < 4.78 is 43.0. The van der Waals surface area contributed by atoms with Crippen molar-refractivity contribution in [3.05, 3.63) is 58.6 Å². The summed E-state index contributed by atoms with van der Waals surface area (Å²) in [5.41, 5.74) is 8.31. The van der Waals surface area contributed by atoms with Crippen molar-refractivity contribution < 1.29 is 17.9 Å². The molecular formula is C24H26BrF3N4O. The molecule has 0 aliphatic heterocycles. The minimum atomic E-state index is -4.72. The van der Waals surface area contributed by atoms with Crippen molar-refractivity contribution in [2.45, 2.75) is 50.7 Å². The summed E-state index contributed by atoms with van der Waals surface area (Å²) in [6.07, 6.45) is -0.976. The molecule has 2 aromatic carbocycles. The molecule has 9 heteroatoms. The lowest BCUT2D eigenvalue weighted by Crippen LogP contribution is -2.41. The number of fused-ring (bicyclic) bond motifs is 1. The SMILES string of the molecule is CN(c1cc(N)c2ccccc2n1)C1CCC(NCc2ccc(Br)cc2OC(F)(F)F)CC1. The molecule has 176 valence electrons. The number of pyridine rings is 1. The normalized spacial score (nSPS) is 18.9. The Morgan fingerprint density at radius 2 is 1.85 bits per heavy atom. The number of benzene rings is 2. The Morgan fingerprint density at radius 3 is 2.58 bits per heavy atom. The minimum absolute atomic E-state index is 0.183. The van der Waals surface area contributed by atoms with Gasteiger partial charge in [-0.15, -0.1) is 13.2 Å². The third-order valence-corrected chi connectivity index (χ3v) is 6.67. The van der Waals surface area contributed by atoms with E-state index in [4.69, 9.17) is 10.7 Å². The number of alkyl halides is 3. The lowest BCUT2D eigenvalue weighted by molar-refractivity contribution is -0.274. The van der Waals surface area contributed by atoms with Crippen molar-refractivity contribution >= 4 is 38.3 Å². The molecule has 0 bridgehead atoms. The standard InChI is InChI=1S/C24H26BrF3N4O/c1-32(23-13-20(29)19-4-2-3-5-21(19)31-23)18-10-8-17(9-11-18)30-14-15-6-7-16(25)12-22(15)33-24(26,27)28/h2-7,12-13,17-18,30H,8-11,14H2,1H3,(H2,29,31). The van der Waals surface area contributed by atoms with E-state index in [0.29, 0.717) is 28.3 Å². The van der Waals surface area contributed by atoms with E-state index in [0.717, 1.165) is 42.4 Å². The first-order valence-electron chi connectivity index (χ1n) is 10.9. The quantitative estimate of drug-likeness (QED) is 0.414. The molecule has 0 atom stereocenters. The Hall–Kier alpha value is -2.52. The average Bonchev–Trinajstić information content (AvgIpc) is 2.77. The monoisotopic (exact) mass is 522 g/mol. The molecule has 1 fully saturated rings. The second-order valence-electron chi connectivity index (χ2n) is 8.38. The molecule has 5 nitrogen and oxygen atoms in total. The van der Waals surface area contributed by atoms with E-state index in [1.807, 2.05) is 37.4 Å². The first-order valence-corrected chi connectivity index (χ1v) is 11.6. The van der Waals surface area contributed by atoms with Gasteiger partial charge in [-0.25, -0.2) is 4.98 Å². The molecule has 0 spiro atoms. The first kappa shape index (κ1) is 23.6. The fourth-order valence-corrected chi connectivity index (χ4v) is 4.71. The van der Waals surface area contributed by atoms with Gasteiger partial charge in [0, 0.05) is 52.9 Å². The largest absolute Gasteiger partial charge is 0.573 e. The van der Waals surface area contributed by atoms with Crippen LogP contribution < -0.4 is 20.7 Å². The van der Waals surface area contributed by atoms with Crippen molar-refractivity contribution in [3.63, 3.8) is 0 Å².